The van der Waals surface area contributed by atoms with Crippen molar-refractivity contribution in [2.75, 3.05) is 23.7 Å². The number of rotatable bonds is 5. The zero-order valence-electron chi connectivity index (χ0n) is 14.6. The lowest BCUT2D eigenvalue weighted by molar-refractivity contribution is 0.100. The third-order valence-electron chi connectivity index (χ3n) is 4.81. The van der Waals surface area contributed by atoms with Gasteiger partial charge in [-0.15, -0.1) is 0 Å². The Labute approximate surface area is 160 Å². The smallest absolute Gasteiger partial charge is 0.252 e. The lowest BCUT2D eigenvalue weighted by atomic mass is 9.90. The maximum Gasteiger partial charge on any atom is 0.252 e. The number of nitrogens with two attached hydrogens (primary N) is 1. The van der Waals surface area contributed by atoms with Crippen molar-refractivity contribution in [1.82, 2.24) is 14.9 Å². The van der Waals surface area contributed by atoms with Gasteiger partial charge >= 0.3 is 0 Å². The number of anilines is 1. The molecular weight excluding hydrogens is 422 g/mol. The summed E-state index contributed by atoms with van der Waals surface area (Å²) in [4.78, 5) is 12.1. The van der Waals surface area contributed by atoms with Crippen LogP contribution in [0.5, 0.6) is 0 Å². The normalized spacial score (nSPS) is 21.0. The van der Waals surface area contributed by atoms with Gasteiger partial charge in [0.25, 0.3) is 5.91 Å². The second kappa shape index (κ2) is 7.16. The molecule has 26 heavy (non-hydrogen) atoms. The standard InChI is InChI=1S/C16H22BrN5O3S/c1-3-10-7-19-5-4-13(10)22(26(2,24)25)15-12(16(18)23)8-20-21-9-11(17)6-14(15)21/h6,8-10,13,19H,3-5,7H2,1-2H3,(H2,18,23)/t10-,13-/m1/s1. The summed E-state index contributed by atoms with van der Waals surface area (Å²) in [5, 5.41) is 7.50. The van der Waals surface area contributed by atoms with E-state index in [1.807, 2.05) is 6.92 Å². The topological polar surface area (TPSA) is 110 Å². The fourth-order valence-corrected chi connectivity index (χ4v) is 5.34. The Morgan fingerprint density at radius 2 is 2.27 bits per heavy atom. The Balaban J connectivity index is 2.30. The lowest BCUT2D eigenvalue weighted by Crippen LogP contribution is -2.52. The zero-order chi connectivity index (χ0) is 19.1. The van der Waals surface area contributed by atoms with Crippen LogP contribution in [0, 0.1) is 5.92 Å². The third-order valence-corrected chi connectivity index (χ3v) is 6.41. The molecule has 1 amide bonds. The first-order chi connectivity index (χ1) is 12.2. The number of primary amides is 1. The van der Waals surface area contributed by atoms with Crippen LogP contribution >= 0.6 is 15.9 Å². The van der Waals surface area contributed by atoms with Crippen LogP contribution < -0.4 is 15.4 Å². The Morgan fingerprint density at radius 1 is 1.54 bits per heavy atom. The molecule has 2 aromatic heterocycles. The molecule has 0 saturated carbocycles. The summed E-state index contributed by atoms with van der Waals surface area (Å²) in [6, 6.07) is 1.49. The molecule has 142 valence electrons. The molecule has 3 N–H and O–H groups in total. The highest BCUT2D eigenvalue weighted by atomic mass is 79.9. The van der Waals surface area contributed by atoms with Crippen LogP contribution in [0.1, 0.15) is 30.1 Å². The predicted molar refractivity (Wildman–Crippen MR) is 104 cm³/mol. The average Bonchev–Trinajstić information content (AvgIpc) is 2.94. The molecule has 8 nitrogen and oxygen atoms in total. The predicted octanol–water partition coefficient (Wildman–Crippen LogP) is 1.35. The molecule has 0 spiro atoms. The van der Waals surface area contributed by atoms with Gasteiger partial charge in [-0.2, -0.15) is 5.10 Å². The number of hydrogen-bond acceptors (Lipinski definition) is 5. The van der Waals surface area contributed by atoms with E-state index in [0.717, 1.165) is 17.4 Å². The Hall–Kier alpha value is -1.65. The monoisotopic (exact) mass is 443 g/mol. The molecule has 1 saturated heterocycles. The van der Waals surface area contributed by atoms with Crippen molar-refractivity contribution in [1.29, 1.82) is 0 Å². The number of sulfonamides is 1. The second-order valence-corrected chi connectivity index (χ2v) is 9.32. The van der Waals surface area contributed by atoms with Gasteiger partial charge in [0.2, 0.25) is 10.0 Å². The van der Waals surface area contributed by atoms with Gasteiger partial charge < -0.3 is 11.1 Å². The molecule has 1 aliphatic heterocycles. The van der Waals surface area contributed by atoms with Gasteiger partial charge in [-0.1, -0.05) is 13.3 Å². The van der Waals surface area contributed by atoms with E-state index in [1.165, 1.54) is 16.8 Å². The molecule has 0 radical (unpaired) electrons. The van der Waals surface area contributed by atoms with Crippen LogP contribution in [0.2, 0.25) is 0 Å². The molecule has 3 rings (SSSR count). The lowest BCUT2D eigenvalue weighted by Gasteiger charge is -2.40. The molecule has 0 aromatic carbocycles. The molecule has 0 unspecified atom stereocenters. The number of carbonyl (C=O) groups is 1. The van der Waals surface area contributed by atoms with E-state index in [-0.39, 0.29) is 17.5 Å². The molecule has 0 bridgehead atoms. The number of nitrogens with one attached hydrogen (secondary N) is 1. The van der Waals surface area contributed by atoms with Gasteiger partial charge in [-0.3, -0.25) is 9.10 Å². The highest BCUT2D eigenvalue weighted by Crippen LogP contribution is 2.35. The van der Waals surface area contributed by atoms with Crippen LogP contribution in [-0.2, 0) is 10.0 Å². The summed E-state index contributed by atoms with van der Waals surface area (Å²) in [6.07, 6.45) is 5.68. The molecule has 10 heteroatoms. The number of fused-ring (bicyclic) bond motifs is 1. The summed E-state index contributed by atoms with van der Waals surface area (Å²) in [6.45, 7) is 3.48. The van der Waals surface area contributed by atoms with Crippen LogP contribution in [0.15, 0.2) is 22.9 Å². The quantitative estimate of drug-likeness (QED) is 0.724. The van der Waals surface area contributed by atoms with Gasteiger partial charge in [0.05, 0.1) is 35.3 Å². The largest absolute Gasteiger partial charge is 0.365 e. The number of piperidine rings is 1. The van der Waals surface area contributed by atoms with E-state index in [1.54, 1.807) is 16.8 Å². The molecule has 1 fully saturated rings. The minimum absolute atomic E-state index is 0.0990. The van der Waals surface area contributed by atoms with Crippen LogP contribution in [-0.4, -0.2) is 49.3 Å². The van der Waals surface area contributed by atoms with Crippen LogP contribution in [0.3, 0.4) is 0 Å². The fraction of sp³-hybridized carbons (Fsp3) is 0.500. The number of carbonyl (C=O) groups excluding carboxylic acids is 1. The van der Waals surface area contributed by atoms with Gasteiger partial charge in [0, 0.05) is 10.7 Å². The highest BCUT2D eigenvalue weighted by molar-refractivity contribution is 9.10. The van der Waals surface area contributed by atoms with Crippen molar-refractivity contribution in [2.45, 2.75) is 25.8 Å². The van der Waals surface area contributed by atoms with Gasteiger partial charge in [-0.05, 0) is 47.4 Å². The maximum atomic E-state index is 12.8. The van der Waals surface area contributed by atoms with Crippen LogP contribution in [0.25, 0.3) is 5.52 Å². The van der Waals surface area contributed by atoms with Crippen molar-refractivity contribution in [2.24, 2.45) is 11.7 Å². The minimum atomic E-state index is -3.66. The zero-order valence-corrected chi connectivity index (χ0v) is 17.0. The molecule has 0 aliphatic carbocycles. The summed E-state index contributed by atoms with van der Waals surface area (Å²) in [5.41, 5.74) is 6.47. The first-order valence-corrected chi connectivity index (χ1v) is 11.0. The highest BCUT2D eigenvalue weighted by Gasteiger charge is 2.37. The summed E-state index contributed by atoms with van der Waals surface area (Å²) >= 11 is 3.39. The van der Waals surface area contributed by atoms with E-state index in [2.05, 4.69) is 26.3 Å². The van der Waals surface area contributed by atoms with Gasteiger partial charge in [0.15, 0.2) is 0 Å². The molecule has 3 heterocycles. The van der Waals surface area contributed by atoms with E-state index in [4.69, 9.17) is 5.73 Å². The fourth-order valence-electron chi connectivity index (χ4n) is 3.64. The Kier molecular flexibility index (Phi) is 5.27. The SMILES string of the molecule is CC[C@@H]1CNCC[C@H]1N(c1c(C(N)=O)cnn2cc(Br)cc12)S(C)(=O)=O. The van der Waals surface area contributed by atoms with E-state index in [9.17, 15) is 13.2 Å². The average molecular weight is 444 g/mol. The van der Waals surface area contributed by atoms with Gasteiger partial charge in [-0.25, -0.2) is 12.9 Å². The van der Waals surface area contributed by atoms with Gasteiger partial charge in [0.1, 0.15) is 0 Å². The maximum absolute atomic E-state index is 12.8. The molecule has 2 atom stereocenters. The van der Waals surface area contributed by atoms with Crippen molar-refractivity contribution in [3.05, 3.63) is 28.5 Å². The Morgan fingerprint density at radius 3 is 2.88 bits per heavy atom. The molecular formula is C16H22BrN5O3S. The number of amides is 1. The van der Waals surface area contributed by atoms with E-state index in [0.29, 0.717) is 24.2 Å². The van der Waals surface area contributed by atoms with E-state index < -0.39 is 15.9 Å². The summed E-state index contributed by atoms with van der Waals surface area (Å²) in [7, 11) is -3.66. The summed E-state index contributed by atoms with van der Waals surface area (Å²) < 4.78 is 29.3. The second-order valence-electron chi connectivity index (χ2n) is 6.55. The molecule has 1 aliphatic rings. The number of aromatic nitrogens is 2. The van der Waals surface area contributed by atoms with Crippen molar-refractivity contribution in [3.63, 3.8) is 0 Å². The van der Waals surface area contributed by atoms with Crippen LogP contribution in [0.4, 0.5) is 5.69 Å². The van der Waals surface area contributed by atoms with E-state index >= 15 is 0 Å². The summed E-state index contributed by atoms with van der Waals surface area (Å²) in [5.74, 6) is -0.575. The number of hydrogen-bond donors (Lipinski definition) is 2. The first-order valence-electron chi connectivity index (χ1n) is 8.40. The first kappa shape index (κ1) is 19.1. The van der Waals surface area contributed by atoms with Crippen molar-refractivity contribution < 1.29 is 13.2 Å². The number of halogens is 1. The minimum Gasteiger partial charge on any atom is -0.365 e. The Bertz CT molecular complexity index is 943. The number of nitrogens with zero attached hydrogens (tertiary/aromatic N) is 3. The molecule has 2 aromatic rings. The van der Waals surface area contributed by atoms with Crippen molar-refractivity contribution >= 4 is 43.1 Å². The third kappa shape index (κ3) is 3.45. The van der Waals surface area contributed by atoms with Crippen molar-refractivity contribution in [3.8, 4) is 0 Å².